The van der Waals surface area contributed by atoms with Crippen LogP contribution in [-0.2, 0) is 7.05 Å². The highest BCUT2D eigenvalue weighted by Gasteiger charge is 2.18. The number of pyridine rings is 1. The first kappa shape index (κ1) is 28.4. The molecule has 2 aromatic carbocycles. The van der Waals surface area contributed by atoms with Crippen molar-refractivity contribution in [3.8, 4) is 16.9 Å². The molecular weight excluding hydrogens is 532 g/mol. The summed E-state index contributed by atoms with van der Waals surface area (Å²) in [4.78, 5) is 22.2. The quantitative estimate of drug-likeness (QED) is 0.221. The molecule has 0 atom stereocenters. The van der Waals surface area contributed by atoms with Gasteiger partial charge in [-0.15, -0.1) is 11.3 Å². The minimum absolute atomic E-state index is 0.201. The first-order valence-corrected chi connectivity index (χ1v) is 14.3. The van der Waals surface area contributed by atoms with Gasteiger partial charge < -0.3 is 30.2 Å². The lowest BCUT2D eigenvalue weighted by molar-refractivity contribution is 0.101. The van der Waals surface area contributed by atoms with Gasteiger partial charge in [0.05, 0.1) is 12.8 Å². The van der Waals surface area contributed by atoms with Crippen LogP contribution < -0.4 is 15.8 Å². The van der Waals surface area contributed by atoms with E-state index in [4.69, 9.17) is 10.5 Å². The van der Waals surface area contributed by atoms with Crippen molar-refractivity contribution in [2.24, 2.45) is 7.05 Å². The number of anilines is 2. The molecule has 0 unspecified atom stereocenters. The Morgan fingerprint density at radius 1 is 1.15 bits per heavy atom. The number of para-hydroxylation sites is 1. The molecule has 212 valence electrons. The van der Waals surface area contributed by atoms with E-state index < -0.39 is 0 Å². The number of hydrogen-bond acceptors (Lipinski definition) is 7. The zero-order valence-electron chi connectivity index (χ0n) is 24.1. The third kappa shape index (κ3) is 5.97. The summed E-state index contributed by atoms with van der Waals surface area (Å²) >= 11 is 1.65. The van der Waals surface area contributed by atoms with Crippen molar-refractivity contribution in [1.29, 1.82) is 0 Å². The van der Waals surface area contributed by atoms with Gasteiger partial charge in [0.15, 0.2) is 0 Å². The number of ether oxygens (including phenoxy) is 1. The summed E-state index contributed by atoms with van der Waals surface area (Å²) in [5.74, 6) is 0.855. The molecule has 0 saturated carbocycles. The largest absolute Gasteiger partial charge is 0.495 e. The number of methoxy groups -OCH3 is 1. The van der Waals surface area contributed by atoms with E-state index in [1.807, 2.05) is 66.3 Å². The Kier molecular flexibility index (Phi) is 8.39. The number of carbonyl (C=O) groups is 1. The average Bonchev–Trinajstić information content (AvgIpc) is 3.56. The van der Waals surface area contributed by atoms with E-state index in [1.165, 1.54) is 0 Å². The smallest absolute Gasteiger partial charge is 0.272 e. The van der Waals surface area contributed by atoms with Gasteiger partial charge in [-0.3, -0.25) is 4.79 Å². The number of aryl methyl sites for hydroxylation is 1. The molecule has 0 bridgehead atoms. The van der Waals surface area contributed by atoms with Gasteiger partial charge in [-0.25, -0.2) is 4.98 Å². The van der Waals surface area contributed by atoms with Gasteiger partial charge in [-0.2, -0.15) is 0 Å². The number of aromatic nitrogens is 2. The Balaban J connectivity index is 1.39. The van der Waals surface area contributed by atoms with Crippen LogP contribution in [0.25, 0.3) is 38.2 Å². The molecule has 3 aromatic heterocycles. The van der Waals surface area contributed by atoms with Crippen LogP contribution in [0.4, 0.5) is 11.5 Å². The number of carbonyl (C=O) groups excluding carboxylic acids is 1. The average molecular weight is 569 g/mol. The van der Waals surface area contributed by atoms with E-state index in [9.17, 15) is 4.79 Å². The van der Waals surface area contributed by atoms with Crippen LogP contribution >= 0.6 is 11.3 Å². The predicted octanol–water partition coefficient (Wildman–Crippen LogP) is 5.80. The lowest BCUT2D eigenvalue weighted by Crippen LogP contribution is -2.28. The molecule has 5 rings (SSSR count). The summed E-state index contributed by atoms with van der Waals surface area (Å²) in [6, 6.07) is 15.6. The molecule has 1 amide bonds. The van der Waals surface area contributed by atoms with Crippen molar-refractivity contribution < 1.29 is 9.53 Å². The highest BCUT2D eigenvalue weighted by Crippen LogP contribution is 2.41. The van der Waals surface area contributed by atoms with Crippen LogP contribution in [-0.4, -0.2) is 73.1 Å². The lowest BCUT2D eigenvalue weighted by atomic mass is 10.0. The minimum Gasteiger partial charge on any atom is -0.495 e. The van der Waals surface area contributed by atoms with Crippen LogP contribution in [0.2, 0.25) is 0 Å². The van der Waals surface area contributed by atoms with Crippen molar-refractivity contribution >= 4 is 55.8 Å². The third-order valence-corrected chi connectivity index (χ3v) is 8.27. The summed E-state index contributed by atoms with van der Waals surface area (Å²) in [5, 5.41) is 7.07. The van der Waals surface area contributed by atoms with Gasteiger partial charge in [0.1, 0.15) is 17.3 Å². The van der Waals surface area contributed by atoms with E-state index >= 15 is 0 Å². The van der Waals surface area contributed by atoms with Crippen LogP contribution in [0.5, 0.6) is 5.75 Å². The Morgan fingerprint density at radius 3 is 2.71 bits per heavy atom. The monoisotopic (exact) mass is 568 g/mol. The molecule has 0 fully saturated rings. The van der Waals surface area contributed by atoms with Gasteiger partial charge >= 0.3 is 0 Å². The van der Waals surface area contributed by atoms with Crippen molar-refractivity contribution in [1.82, 2.24) is 19.4 Å². The van der Waals surface area contributed by atoms with Crippen molar-refractivity contribution in [3.05, 3.63) is 77.4 Å². The van der Waals surface area contributed by atoms with Crippen LogP contribution in [0, 0.1) is 0 Å². The Hall–Kier alpha value is -4.18. The third-order valence-electron chi connectivity index (χ3n) is 7.24. The summed E-state index contributed by atoms with van der Waals surface area (Å²) in [6.45, 7) is 2.86. The number of fused-ring (bicyclic) bond motifs is 2. The van der Waals surface area contributed by atoms with Crippen LogP contribution in [0.3, 0.4) is 0 Å². The standard InChI is InChI=1S/C32H36N6O2S/c1-36(2)15-16-37(3)14-8-10-23-19-34-31(33)29-24(20-41-30(23)29)21-12-13-25(28(18-21)40-5)35-32(39)27-17-22-9-6-7-11-26(22)38(27)4/h6-13,17-20H,14-16H2,1-5H3,(H2,33,34)(H,35,39). The number of hydrogen-bond donors (Lipinski definition) is 2. The number of rotatable bonds is 10. The number of thiophene rings is 1. The van der Waals surface area contributed by atoms with Crippen molar-refractivity contribution in [2.75, 3.05) is 58.9 Å². The molecule has 0 spiro atoms. The molecule has 9 heteroatoms. The number of nitrogen functional groups attached to an aromatic ring is 1. The number of benzene rings is 2. The van der Waals surface area contributed by atoms with Crippen molar-refractivity contribution in [3.63, 3.8) is 0 Å². The summed E-state index contributed by atoms with van der Waals surface area (Å²) in [7, 11) is 9.78. The van der Waals surface area contributed by atoms with Gasteiger partial charge in [-0.1, -0.05) is 36.4 Å². The van der Waals surface area contributed by atoms with Gasteiger partial charge in [0, 0.05) is 65.0 Å². The molecular formula is C32H36N6O2S. The van der Waals surface area contributed by atoms with Gasteiger partial charge in [0.25, 0.3) is 5.91 Å². The van der Waals surface area contributed by atoms with E-state index in [0.717, 1.165) is 57.3 Å². The maximum absolute atomic E-state index is 13.2. The first-order valence-electron chi connectivity index (χ1n) is 13.5. The van der Waals surface area contributed by atoms with E-state index in [2.05, 4.69) is 58.8 Å². The van der Waals surface area contributed by atoms with Crippen LogP contribution in [0.1, 0.15) is 16.1 Å². The van der Waals surface area contributed by atoms with Gasteiger partial charge in [-0.05, 0) is 56.4 Å². The molecule has 8 nitrogen and oxygen atoms in total. The van der Waals surface area contributed by atoms with E-state index in [0.29, 0.717) is 22.9 Å². The highest BCUT2D eigenvalue weighted by molar-refractivity contribution is 7.18. The topological polar surface area (TPSA) is 88.7 Å². The van der Waals surface area contributed by atoms with Crippen molar-refractivity contribution in [2.45, 2.75) is 0 Å². The fraction of sp³-hybridized carbons (Fsp3) is 0.250. The fourth-order valence-corrected chi connectivity index (χ4v) is 5.97. The number of likely N-dealkylation sites (N-methyl/N-ethyl adjacent to an activating group) is 2. The molecule has 0 aliphatic heterocycles. The lowest BCUT2D eigenvalue weighted by Gasteiger charge is -2.17. The zero-order chi connectivity index (χ0) is 29.1. The maximum atomic E-state index is 13.2. The fourth-order valence-electron chi connectivity index (χ4n) is 4.89. The highest BCUT2D eigenvalue weighted by atomic mass is 32.1. The van der Waals surface area contributed by atoms with E-state index in [-0.39, 0.29) is 5.91 Å². The summed E-state index contributed by atoms with van der Waals surface area (Å²) in [5.41, 5.74) is 11.5. The number of nitrogens with two attached hydrogens (primary N) is 1. The molecule has 0 radical (unpaired) electrons. The normalized spacial score (nSPS) is 11.9. The molecule has 3 N–H and O–H groups in total. The Labute approximate surface area is 244 Å². The Bertz CT molecular complexity index is 1740. The minimum atomic E-state index is -0.201. The van der Waals surface area contributed by atoms with Crippen LogP contribution in [0.15, 0.2) is 66.2 Å². The molecule has 41 heavy (non-hydrogen) atoms. The molecule has 0 aliphatic carbocycles. The molecule has 0 saturated heterocycles. The van der Waals surface area contributed by atoms with E-state index in [1.54, 1.807) is 18.4 Å². The second kappa shape index (κ2) is 12.1. The maximum Gasteiger partial charge on any atom is 0.272 e. The number of nitrogens with one attached hydrogen (secondary N) is 1. The Morgan fingerprint density at radius 2 is 1.95 bits per heavy atom. The number of amides is 1. The first-order chi connectivity index (χ1) is 19.8. The SMILES string of the molecule is COc1cc(-c2csc3c(C=CCN(C)CCN(C)C)cnc(N)c23)ccc1NC(=O)c1cc2ccccc2n1C. The predicted molar refractivity (Wildman–Crippen MR) is 172 cm³/mol. The number of nitrogens with zero attached hydrogens (tertiary/aromatic N) is 4. The molecule has 0 aliphatic rings. The molecule has 5 aromatic rings. The molecule has 3 heterocycles. The second-order valence-corrected chi connectivity index (χ2v) is 11.3. The second-order valence-electron chi connectivity index (χ2n) is 10.4. The van der Waals surface area contributed by atoms with Gasteiger partial charge in [0.2, 0.25) is 0 Å². The zero-order valence-corrected chi connectivity index (χ0v) is 25.0. The summed E-state index contributed by atoms with van der Waals surface area (Å²) in [6.07, 6.45) is 6.12. The summed E-state index contributed by atoms with van der Waals surface area (Å²) < 4.78 is 8.69.